The molecule has 0 bridgehead atoms. The molecule has 0 spiro atoms. The highest BCUT2D eigenvalue weighted by atomic mass is 16.5. The lowest BCUT2D eigenvalue weighted by molar-refractivity contribution is -0.117. The maximum absolute atomic E-state index is 12.4. The first kappa shape index (κ1) is 17.0. The van der Waals surface area contributed by atoms with Crippen molar-refractivity contribution < 1.29 is 18.7 Å². The summed E-state index contributed by atoms with van der Waals surface area (Å²) in [6, 6.07) is 19.0. The molecular weight excluding hydrogens is 332 g/mol. The van der Waals surface area contributed by atoms with Crippen LogP contribution in [0.15, 0.2) is 77.6 Å². The minimum Gasteiger partial charge on any atom is -0.472 e. The van der Waals surface area contributed by atoms with Gasteiger partial charge in [-0.25, -0.2) is 0 Å². The lowest BCUT2D eigenvalue weighted by Gasteiger charge is -2.13. The van der Waals surface area contributed by atoms with Gasteiger partial charge < -0.3 is 14.5 Å². The van der Waals surface area contributed by atoms with Crippen LogP contribution in [0.5, 0.6) is 11.5 Å². The van der Waals surface area contributed by atoms with Gasteiger partial charge in [0.2, 0.25) is 5.91 Å². The van der Waals surface area contributed by atoms with Gasteiger partial charge in [0.25, 0.3) is 0 Å². The van der Waals surface area contributed by atoms with Gasteiger partial charge in [0.05, 0.1) is 23.6 Å². The molecule has 0 aliphatic heterocycles. The van der Waals surface area contributed by atoms with Crippen LogP contribution in [0.25, 0.3) is 0 Å². The molecule has 1 atom stereocenters. The summed E-state index contributed by atoms with van der Waals surface area (Å²) < 4.78 is 10.6. The van der Waals surface area contributed by atoms with Crippen LogP contribution in [-0.4, -0.2) is 11.7 Å². The number of hydrogen-bond acceptors (Lipinski definition) is 5. The molecule has 1 amide bonds. The Kier molecular flexibility index (Phi) is 5.11. The number of carbonyl (C=O) groups excluding carboxylic acids is 2. The van der Waals surface area contributed by atoms with E-state index in [9.17, 15) is 14.9 Å². The number of nitrogens with zero attached hydrogens (tertiary/aromatic N) is 1. The molecule has 6 nitrogen and oxygen atoms in total. The van der Waals surface area contributed by atoms with Gasteiger partial charge in [-0.15, -0.1) is 0 Å². The minimum atomic E-state index is -1.49. The van der Waals surface area contributed by atoms with Crippen LogP contribution in [0.1, 0.15) is 10.4 Å². The number of anilines is 1. The quantitative estimate of drug-likeness (QED) is 0.537. The SMILES string of the molecule is N#CC(C(=O)Nc1ccccc1Oc1ccccc1)C(=O)c1ccoc1. The van der Waals surface area contributed by atoms with E-state index >= 15 is 0 Å². The molecule has 26 heavy (non-hydrogen) atoms. The van der Waals surface area contributed by atoms with Gasteiger partial charge in [0, 0.05) is 0 Å². The maximum atomic E-state index is 12.4. The third-order valence-corrected chi connectivity index (χ3v) is 3.58. The van der Waals surface area contributed by atoms with Crippen molar-refractivity contribution in [3.05, 3.63) is 78.8 Å². The first-order valence-electron chi connectivity index (χ1n) is 7.78. The Hall–Kier alpha value is -3.85. The smallest absolute Gasteiger partial charge is 0.249 e. The Morgan fingerprint density at radius 2 is 1.77 bits per heavy atom. The standard InChI is InChI=1S/C20H14N2O4/c21-12-16(19(23)14-10-11-25-13-14)20(24)22-17-8-4-5-9-18(17)26-15-6-2-1-3-7-15/h1-11,13,16H,(H,22,24). The molecule has 0 aliphatic carbocycles. The van der Waals surface area contributed by atoms with Crippen molar-refractivity contribution in [2.24, 2.45) is 5.92 Å². The molecule has 1 heterocycles. The van der Waals surface area contributed by atoms with Crippen molar-refractivity contribution in [1.82, 2.24) is 0 Å². The number of carbonyl (C=O) groups is 2. The van der Waals surface area contributed by atoms with Gasteiger partial charge in [-0.1, -0.05) is 30.3 Å². The molecule has 3 aromatic rings. The lowest BCUT2D eigenvalue weighted by Crippen LogP contribution is -2.28. The molecule has 128 valence electrons. The fraction of sp³-hybridized carbons (Fsp3) is 0.0500. The Morgan fingerprint density at radius 3 is 2.46 bits per heavy atom. The third kappa shape index (κ3) is 3.79. The van der Waals surface area contributed by atoms with E-state index in [2.05, 4.69) is 5.32 Å². The molecule has 2 aromatic carbocycles. The van der Waals surface area contributed by atoms with E-state index < -0.39 is 17.6 Å². The monoisotopic (exact) mass is 346 g/mol. The van der Waals surface area contributed by atoms with Crippen molar-refractivity contribution in [1.29, 1.82) is 5.26 Å². The summed E-state index contributed by atoms with van der Waals surface area (Å²) in [6.07, 6.45) is 2.51. The summed E-state index contributed by atoms with van der Waals surface area (Å²) >= 11 is 0. The molecule has 3 rings (SSSR count). The third-order valence-electron chi connectivity index (χ3n) is 3.58. The molecule has 0 saturated heterocycles. The summed E-state index contributed by atoms with van der Waals surface area (Å²) in [5.41, 5.74) is 0.530. The van der Waals surface area contributed by atoms with Gasteiger partial charge >= 0.3 is 0 Å². The Morgan fingerprint density at radius 1 is 1.04 bits per heavy atom. The number of para-hydroxylation sites is 3. The predicted octanol–water partition coefficient (Wildman–Crippen LogP) is 4.03. The van der Waals surface area contributed by atoms with Crippen LogP contribution in [0.2, 0.25) is 0 Å². The molecule has 0 saturated carbocycles. The zero-order chi connectivity index (χ0) is 18.4. The molecule has 0 radical (unpaired) electrons. The van der Waals surface area contributed by atoms with Crippen LogP contribution >= 0.6 is 0 Å². The van der Waals surface area contributed by atoms with Crippen LogP contribution < -0.4 is 10.1 Å². The van der Waals surface area contributed by atoms with E-state index in [1.54, 1.807) is 42.5 Å². The zero-order valence-corrected chi connectivity index (χ0v) is 13.6. The highest BCUT2D eigenvalue weighted by molar-refractivity contribution is 6.15. The van der Waals surface area contributed by atoms with E-state index in [4.69, 9.17) is 9.15 Å². The van der Waals surface area contributed by atoms with Crippen molar-refractivity contribution in [3.8, 4) is 17.6 Å². The molecule has 1 aromatic heterocycles. The van der Waals surface area contributed by atoms with Crippen LogP contribution in [0, 0.1) is 17.2 Å². The summed E-state index contributed by atoms with van der Waals surface area (Å²) in [7, 11) is 0. The number of ether oxygens (including phenoxy) is 1. The van der Waals surface area contributed by atoms with E-state index in [1.165, 1.54) is 18.6 Å². The number of hydrogen-bond donors (Lipinski definition) is 1. The lowest BCUT2D eigenvalue weighted by atomic mass is 10.00. The van der Waals surface area contributed by atoms with Gasteiger partial charge in [-0.05, 0) is 30.3 Å². The highest BCUT2D eigenvalue weighted by Gasteiger charge is 2.28. The maximum Gasteiger partial charge on any atom is 0.249 e. The van der Waals surface area contributed by atoms with Crippen molar-refractivity contribution in [2.45, 2.75) is 0 Å². The highest BCUT2D eigenvalue weighted by Crippen LogP contribution is 2.29. The van der Waals surface area contributed by atoms with Crippen LogP contribution in [0.4, 0.5) is 5.69 Å². The van der Waals surface area contributed by atoms with Crippen LogP contribution in [0.3, 0.4) is 0 Å². The summed E-state index contributed by atoms with van der Waals surface area (Å²) in [4.78, 5) is 24.7. The van der Waals surface area contributed by atoms with E-state index in [1.807, 2.05) is 18.2 Å². The number of nitrogens with one attached hydrogen (secondary N) is 1. The average molecular weight is 346 g/mol. The first-order chi connectivity index (χ1) is 12.7. The number of rotatable bonds is 6. The van der Waals surface area contributed by atoms with Gasteiger partial charge in [0.15, 0.2) is 17.5 Å². The Bertz CT molecular complexity index is 943. The second-order valence-electron chi connectivity index (χ2n) is 5.34. The number of nitriles is 1. The number of Topliss-reactive ketones (excluding diaryl/α,β-unsaturated/α-hetero) is 1. The molecule has 0 fully saturated rings. The molecule has 1 N–H and O–H groups in total. The number of ketones is 1. The van der Waals surface area contributed by atoms with Crippen molar-refractivity contribution >= 4 is 17.4 Å². The van der Waals surface area contributed by atoms with Crippen molar-refractivity contribution in [3.63, 3.8) is 0 Å². The predicted molar refractivity (Wildman–Crippen MR) is 93.7 cm³/mol. The normalized spacial score (nSPS) is 11.2. The number of amides is 1. The average Bonchev–Trinajstić information content (AvgIpc) is 3.19. The topological polar surface area (TPSA) is 92.3 Å². The first-order valence-corrected chi connectivity index (χ1v) is 7.78. The number of benzene rings is 2. The van der Waals surface area contributed by atoms with Crippen LogP contribution in [-0.2, 0) is 4.79 Å². The second kappa shape index (κ2) is 7.81. The molecule has 6 heteroatoms. The fourth-order valence-corrected chi connectivity index (χ4v) is 2.29. The summed E-state index contributed by atoms with van der Waals surface area (Å²) in [6.45, 7) is 0. The van der Waals surface area contributed by atoms with E-state index in [-0.39, 0.29) is 5.56 Å². The van der Waals surface area contributed by atoms with Gasteiger partial charge in [-0.2, -0.15) is 5.26 Å². The summed E-state index contributed by atoms with van der Waals surface area (Å²) in [5, 5.41) is 11.8. The van der Waals surface area contributed by atoms with E-state index in [0.717, 1.165) is 0 Å². The number of furan rings is 1. The Balaban J connectivity index is 1.79. The molecular formula is C20H14N2O4. The largest absolute Gasteiger partial charge is 0.472 e. The fourth-order valence-electron chi connectivity index (χ4n) is 2.29. The molecule has 0 aliphatic rings. The molecule has 1 unspecified atom stereocenters. The Labute approximate surface area is 149 Å². The van der Waals surface area contributed by atoms with Gasteiger partial charge in [-0.3, -0.25) is 9.59 Å². The second-order valence-corrected chi connectivity index (χ2v) is 5.34. The van der Waals surface area contributed by atoms with Gasteiger partial charge in [0.1, 0.15) is 12.0 Å². The minimum absolute atomic E-state index is 0.167. The van der Waals surface area contributed by atoms with E-state index in [0.29, 0.717) is 17.2 Å². The van der Waals surface area contributed by atoms with Crippen molar-refractivity contribution in [2.75, 3.05) is 5.32 Å². The zero-order valence-electron chi connectivity index (χ0n) is 13.6. The summed E-state index contributed by atoms with van der Waals surface area (Å²) in [5.74, 6) is -1.85.